The van der Waals surface area contributed by atoms with Gasteiger partial charge in [0.1, 0.15) is 0 Å². The van der Waals surface area contributed by atoms with Gasteiger partial charge in [0.15, 0.2) is 0 Å². The first-order valence-corrected chi connectivity index (χ1v) is 5.37. The van der Waals surface area contributed by atoms with Gasteiger partial charge in [-0.3, -0.25) is 0 Å². The molecular weight excluding hydrogens is 194 g/mol. The summed E-state index contributed by atoms with van der Waals surface area (Å²) in [5.74, 6) is -0.00499. The quantitative estimate of drug-likeness (QED) is 0.560. The molecule has 15 heavy (non-hydrogen) atoms. The highest BCUT2D eigenvalue weighted by molar-refractivity contribution is 5.82. The lowest BCUT2D eigenvalue weighted by Crippen LogP contribution is -2.20. The van der Waals surface area contributed by atoms with Crippen LogP contribution in [0.15, 0.2) is 11.8 Å². The summed E-state index contributed by atoms with van der Waals surface area (Å²) in [4.78, 5) is 11.3. The van der Waals surface area contributed by atoms with Crippen LogP contribution in [-0.2, 0) is 14.3 Å². The van der Waals surface area contributed by atoms with Gasteiger partial charge in [0, 0.05) is 31.3 Å². The second-order valence-corrected chi connectivity index (χ2v) is 3.52. The molecule has 0 unspecified atom stereocenters. The molecule has 0 bridgehead atoms. The van der Waals surface area contributed by atoms with Crippen molar-refractivity contribution >= 4 is 5.97 Å². The van der Waals surface area contributed by atoms with Crippen molar-refractivity contribution in [3.05, 3.63) is 11.8 Å². The summed E-state index contributed by atoms with van der Waals surface area (Å²) in [6.45, 7) is 5.06. The van der Waals surface area contributed by atoms with Crippen molar-refractivity contribution in [3.63, 3.8) is 0 Å². The average molecular weight is 213 g/mol. The number of rotatable bonds is 4. The summed E-state index contributed by atoms with van der Waals surface area (Å²) in [7, 11) is 1.70. The Morgan fingerprint density at radius 2 is 2.33 bits per heavy atom. The number of esters is 1. The van der Waals surface area contributed by atoms with Crippen LogP contribution in [0.25, 0.3) is 0 Å². The third-order valence-corrected chi connectivity index (χ3v) is 2.66. The van der Waals surface area contributed by atoms with E-state index in [2.05, 4.69) is 12.2 Å². The molecule has 0 aromatic rings. The van der Waals surface area contributed by atoms with E-state index in [-0.39, 0.29) is 18.0 Å². The number of carbonyl (C=O) groups excluding carboxylic acids is 1. The molecule has 1 saturated heterocycles. The molecule has 86 valence electrons. The predicted octanol–water partition coefficient (Wildman–Crippen LogP) is 1.08. The highest BCUT2D eigenvalue weighted by Crippen LogP contribution is 2.24. The lowest BCUT2D eigenvalue weighted by molar-refractivity contribution is -0.137. The third-order valence-electron chi connectivity index (χ3n) is 2.66. The molecule has 0 aromatic carbocycles. The lowest BCUT2D eigenvalue weighted by atomic mass is 9.99. The summed E-state index contributed by atoms with van der Waals surface area (Å²) in [5, 5.41) is 3.18. The molecule has 1 heterocycles. The van der Waals surface area contributed by atoms with E-state index in [1.54, 1.807) is 14.0 Å². The number of carbonyl (C=O) groups is 1. The zero-order chi connectivity index (χ0) is 11.3. The van der Waals surface area contributed by atoms with E-state index in [1.165, 1.54) is 6.08 Å². The largest absolute Gasteiger partial charge is 0.463 e. The van der Waals surface area contributed by atoms with Gasteiger partial charge in [0.05, 0.1) is 12.7 Å². The molecule has 1 N–H and O–H groups in total. The van der Waals surface area contributed by atoms with Gasteiger partial charge in [0.2, 0.25) is 0 Å². The first-order chi connectivity index (χ1) is 7.22. The van der Waals surface area contributed by atoms with E-state index in [1.807, 2.05) is 0 Å². The van der Waals surface area contributed by atoms with Gasteiger partial charge in [0.25, 0.3) is 0 Å². The van der Waals surface area contributed by atoms with Crippen molar-refractivity contribution in [2.45, 2.75) is 26.4 Å². The molecule has 1 aliphatic heterocycles. The van der Waals surface area contributed by atoms with E-state index in [9.17, 15) is 4.79 Å². The van der Waals surface area contributed by atoms with Gasteiger partial charge in [-0.05, 0) is 13.3 Å². The first kappa shape index (κ1) is 12.0. The van der Waals surface area contributed by atoms with Crippen LogP contribution in [0, 0.1) is 5.92 Å². The maximum atomic E-state index is 11.3. The zero-order valence-electron chi connectivity index (χ0n) is 9.58. The van der Waals surface area contributed by atoms with Gasteiger partial charge < -0.3 is 14.8 Å². The van der Waals surface area contributed by atoms with Crippen LogP contribution < -0.4 is 5.32 Å². The van der Waals surface area contributed by atoms with Gasteiger partial charge in [-0.1, -0.05) is 6.92 Å². The van der Waals surface area contributed by atoms with Crippen molar-refractivity contribution < 1.29 is 14.3 Å². The minimum absolute atomic E-state index is 0.163. The van der Waals surface area contributed by atoms with E-state index in [4.69, 9.17) is 9.47 Å². The molecular formula is C11H19NO3. The summed E-state index contributed by atoms with van der Waals surface area (Å²) in [5.41, 5.74) is 0.933. The van der Waals surface area contributed by atoms with E-state index in [0.29, 0.717) is 6.61 Å². The monoisotopic (exact) mass is 213 g/mol. The predicted molar refractivity (Wildman–Crippen MR) is 57.3 cm³/mol. The van der Waals surface area contributed by atoms with Crippen LogP contribution in [0.5, 0.6) is 0 Å². The fourth-order valence-electron chi connectivity index (χ4n) is 1.89. The summed E-state index contributed by atoms with van der Waals surface area (Å²) < 4.78 is 10.2. The Labute approximate surface area is 90.6 Å². The Morgan fingerprint density at radius 3 is 2.87 bits per heavy atom. The molecule has 1 fully saturated rings. The van der Waals surface area contributed by atoms with E-state index in [0.717, 1.165) is 18.7 Å². The Morgan fingerprint density at radius 1 is 1.60 bits per heavy atom. The number of hydrogen-bond donors (Lipinski definition) is 1. The Balaban J connectivity index is 2.65. The smallest absolute Gasteiger partial charge is 0.332 e. The van der Waals surface area contributed by atoms with Crippen LogP contribution in [0.4, 0.5) is 0 Å². The summed E-state index contributed by atoms with van der Waals surface area (Å²) >= 11 is 0. The van der Waals surface area contributed by atoms with E-state index >= 15 is 0 Å². The zero-order valence-corrected chi connectivity index (χ0v) is 9.58. The lowest BCUT2D eigenvalue weighted by Gasteiger charge is -2.15. The van der Waals surface area contributed by atoms with Crippen LogP contribution >= 0.6 is 0 Å². The number of ether oxygens (including phenoxy) is 2. The molecule has 0 aliphatic carbocycles. The summed E-state index contributed by atoms with van der Waals surface area (Å²) in [6.07, 6.45) is 2.66. The highest BCUT2D eigenvalue weighted by atomic mass is 16.5. The Bertz CT molecular complexity index is 250. The molecule has 1 rings (SSSR count). The first-order valence-electron chi connectivity index (χ1n) is 5.37. The van der Waals surface area contributed by atoms with E-state index < -0.39 is 0 Å². The van der Waals surface area contributed by atoms with Crippen LogP contribution in [0.1, 0.15) is 20.3 Å². The molecule has 0 amide bonds. The van der Waals surface area contributed by atoms with Gasteiger partial charge in [-0.25, -0.2) is 4.79 Å². The third kappa shape index (κ3) is 2.96. The van der Waals surface area contributed by atoms with Crippen LogP contribution in [0.2, 0.25) is 0 Å². The number of methoxy groups -OCH3 is 1. The molecule has 0 saturated carbocycles. The normalized spacial score (nSPS) is 27.8. The van der Waals surface area contributed by atoms with Gasteiger partial charge in [-0.15, -0.1) is 0 Å². The van der Waals surface area contributed by atoms with Crippen molar-refractivity contribution in [2.24, 2.45) is 5.92 Å². The Kier molecular flexibility index (Phi) is 4.62. The molecule has 1 aliphatic rings. The van der Waals surface area contributed by atoms with Crippen LogP contribution in [0.3, 0.4) is 0 Å². The number of nitrogens with one attached hydrogen (secondary N) is 1. The average Bonchev–Trinajstić information content (AvgIpc) is 2.60. The van der Waals surface area contributed by atoms with Crippen molar-refractivity contribution in [3.8, 4) is 0 Å². The fourth-order valence-corrected chi connectivity index (χ4v) is 1.89. The van der Waals surface area contributed by atoms with Crippen LogP contribution in [-0.4, -0.2) is 32.3 Å². The molecule has 4 heteroatoms. The number of hydrogen-bond acceptors (Lipinski definition) is 4. The second kappa shape index (κ2) is 5.75. The maximum Gasteiger partial charge on any atom is 0.332 e. The standard InChI is InChI=1S/C11H19NO3/c1-4-8-9(6-11(13)15-5-2)12-7-10(8)14-3/h6,8,10,12H,4-5,7H2,1-3H3/b9-6-/t8-,10-/m1/s1. The molecule has 0 radical (unpaired) electrons. The van der Waals surface area contributed by atoms with Gasteiger partial charge in [-0.2, -0.15) is 0 Å². The second-order valence-electron chi connectivity index (χ2n) is 3.52. The fraction of sp³-hybridized carbons (Fsp3) is 0.727. The highest BCUT2D eigenvalue weighted by Gasteiger charge is 2.30. The molecule has 4 nitrogen and oxygen atoms in total. The SMILES string of the molecule is CCOC(=O)/C=C1\NC[C@@H](OC)[C@@H]1CC. The minimum atomic E-state index is -0.282. The molecule has 0 spiro atoms. The Hall–Kier alpha value is -1.03. The summed E-state index contributed by atoms with van der Waals surface area (Å²) in [6, 6.07) is 0. The minimum Gasteiger partial charge on any atom is -0.463 e. The van der Waals surface area contributed by atoms with Crippen molar-refractivity contribution in [2.75, 3.05) is 20.3 Å². The molecule has 0 aromatic heterocycles. The maximum absolute atomic E-state index is 11.3. The molecule has 2 atom stereocenters. The van der Waals surface area contributed by atoms with Gasteiger partial charge >= 0.3 is 5.97 Å². The van der Waals surface area contributed by atoms with Crippen molar-refractivity contribution in [1.29, 1.82) is 0 Å². The topological polar surface area (TPSA) is 47.6 Å². The van der Waals surface area contributed by atoms with Crippen molar-refractivity contribution in [1.82, 2.24) is 5.32 Å².